The highest BCUT2D eigenvalue weighted by Crippen LogP contribution is 2.51. The van der Waals surface area contributed by atoms with Gasteiger partial charge in [0.05, 0.1) is 5.41 Å². The minimum atomic E-state index is -0.455. The molecule has 0 spiro atoms. The molecule has 1 amide bonds. The lowest BCUT2D eigenvalue weighted by atomic mass is 9.93. The van der Waals surface area contributed by atoms with Gasteiger partial charge in [-0.25, -0.2) is 4.39 Å². The summed E-state index contributed by atoms with van der Waals surface area (Å²) in [5.41, 5.74) is 2.45. The van der Waals surface area contributed by atoms with Crippen molar-refractivity contribution in [2.75, 3.05) is 13.6 Å². The van der Waals surface area contributed by atoms with Gasteiger partial charge in [-0.05, 0) is 60.7 Å². The average molecular weight is 337 g/mol. The Balaban J connectivity index is 1.54. The van der Waals surface area contributed by atoms with Crippen LogP contribution >= 0.6 is 0 Å². The van der Waals surface area contributed by atoms with Gasteiger partial charge in [-0.3, -0.25) is 9.78 Å². The molecule has 1 saturated carbocycles. The van der Waals surface area contributed by atoms with Crippen LogP contribution in [0.2, 0.25) is 0 Å². The molecule has 1 aliphatic carbocycles. The Morgan fingerprint density at radius 1 is 1.28 bits per heavy atom. The molecule has 0 atom stereocenters. The van der Waals surface area contributed by atoms with Gasteiger partial charge in [0.15, 0.2) is 0 Å². The van der Waals surface area contributed by atoms with Gasteiger partial charge < -0.3 is 9.88 Å². The first kappa shape index (κ1) is 15.8. The molecule has 25 heavy (non-hydrogen) atoms. The Kier molecular flexibility index (Phi) is 3.79. The topological polar surface area (TPSA) is 49.0 Å². The molecule has 1 fully saturated rings. The maximum atomic E-state index is 13.4. The molecule has 1 aromatic carbocycles. The number of fused-ring (bicyclic) bond motifs is 1. The fraction of sp³-hybridized carbons (Fsp3) is 0.300. The normalized spacial score (nSPS) is 15.3. The number of hydrogen-bond acceptors (Lipinski definition) is 2. The number of nitrogens with zero attached hydrogens (tertiary/aromatic N) is 2. The molecule has 2 aromatic heterocycles. The van der Waals surface area contributed by atoms with E-state index < -0.39 is 5.41 Å². The van der Waals surface area contributed by atoms with E-state index in [1.165, 1.54) is 17.7 Å². The van der Waals surface area contributed by atoms with Crippen molar-refractivity contribution >= 4 is 16.8 Å². The van der Waals surface area contributed by atoms with Gasteiger partial charge >= 0.3 is 0 Å². The summed E-state index contributed by atoms with van der Waals surface area (Å²) in [5.74, 6) is -0.127. The van der Waals surface area contributed by atoms with E-state index in [-0.39, 0.29) is 11.7 Å². The lowest BCUT2D eigenvalue weighted by molar-refractivity contribution is -0.132. The first-order valence-corrected chi connectivity index (χ1v) is 8.52. The Bertz CT molecular complexity index is 915. The highest BCUT2D eigenvalue weighted by atomic mass is 19.1. The first-order chi connectivity index (χ1) is 12.1. The predicted octanol–water partition coefficient (Wildman–Crippen LogP) is 3.43. The third-order valence-corrected chi connectivity index (χ3v) is 5.15. The second kappa shape index (κ2) is 5.99. The van der Waals surface area contributed by atoms with Gasteiger partial charge in [-0.2, -0.15) is 0 Å². The number of hydrogen-bond donors (Lipinski definition) is 1. The van der Waals surface area contributed by atoms with E-state index in [0.717, 1.165) is 35.7 Å². The van der Waals surface area contributed by atoms with Crippen molar-refractivity contribution in [1.82, 2.24) is 14.9 Å². The van der Waals surface area contributed by atoms with Crippen LogP contribution in [0.4, 0.5) is 4.39 Å². The molecule has 1 aliphatic rings. The maximum Gasteiger partial charge on any atom is 0.233 e. The van der Waals surface area contributed by atoms with Crippen LogP contribution in [0.3, 0.4) is 0 Å². The summed E-state index contributed by atoms with van der Waals surface area (Å²) in [6, 6.07) is 8.64. The van der Waals surface area contributed by atoms with Gasteiger partial charge in [0.2, 0.25) is 5.91 Å². The largest absolute Gasteiger partial charge is 0.361 e. The maximum absolute atomic E-state index is 13.4. The Morgan fingerprint density at radius 3 is 2.76 bits per heavy atom. The summed E-state index contributed by atoms with van der Waals surface area (Å²) in [6.07, 6.45) is 7.90. The Labute approximate surface area is 145 Å². The highest BCUT2D eigenvalue weighted by molar-refractivity contribution is 5.97. The molecule has 0 bridgehead atoms. The van der Waals surface area contributed by atoms with Gasteiger partial charge in [0.25, 0.3) is 0 Å². The number of pyridine rings is 1. The fourth-order valence-corrected chi connectivity index (χ4v) is 3.53. The van der Waals surface area contributed by atoms with Crippen LogP contribution < -0.4 is 0 Å². The number of aromatic amines is 1. The summed E-state index contributed by atoms with van der Waals surface area (Å²) in [6.45, 7) is 0.668. The van der Waals surface area contributed by atoms with E-state index in [2.05, 4.69) is 9.97 Å². The van der Waals surface area contributed by atoms with Crippen molar-refractivity contribution in [3.05, 3.63) is 65.9 Å². The zero-order valence-electron chi connectivity index (χ0n) is 14.1. The number of rotatable bonds is 5. The van der Waals surface area contributed by atoms with E-state index in [0.29, 0.717) is 6.54 Å². The molecule has 1 N–H and O–H groups in total. The minimum Gasteiger partial charge on any atom is -0.361 e. The molecule has 0 radical (unpaired) electrons. The van der Waals surface area contributed by atoms with Crippen molar-refractivity contribution in [2.45, 2.75) is 24.7 Å². The summed E-state index contributed by atoms with van der Waals surface area (Å²) in [7, 11) is 1.86. The third-order valence-electron chi connectivity index (χ3n) is 5.15. The fourth-order valence-electron chi connectivity index (χ4n) is 3.53. The average Bonchev–Trinajstić information content (AvgIpc) is 3.33. The number of carbonyl (C=O) groups excluding carboxylic acids is 1. The van der Waals surface area contributed by atoms with Crippen molar-refractivity contribution in [3.63, 3.8) is 0 Å². The molecular formula is C20H20FN3O. The standard InChI is InChI=1S/C20H20FN3O/c1-24(11-6-14-4-9-22-10-5-14)19(25)20(7-8-20)17-13-23-18-12-15(21)2-3-16(17)18/h2-5,9-10,12-13,23H,6-8,11H2,1H3. The van der Waals surface area contributed by atoms with Crippen molar-refractivity contribution < 1.29 is 9.18 Å². The number of nitrogens with one attached hydrogen (secondary N) is 1. The zero-order valence-corrected chi connectivity index (χ0v) is 14.1. The zero-order chi connectivity index (χ0) is 17.4. The molecule has 0 saturated heterocycles. The van der Waals surface area contributed by atoms with Crippen molar-refractivity contribution in [1.29, 1.82) is 0 Å². The van der Waals surface area contributed by atoms with Crippen LogP contribution in [0.5, 0.6) is 0 Å². The summed E-state index contributed by atoms with van der Waals surface area (Å²) in [5, 5.41) is 0.940. The lowest BCUT2D eigenvalue weighted by Gasteiger charge is -2.23. The monoisotopic (exact) mass is 337 g/mol. The van der Waals surface area contributed by atoms with Crippen LogP contribution in [0.1, 0.15) is 24.0 Å². The molecule has 0 aliphatic heterocycles. The smallest absolute Gasteiger partial charge is 0.233 e. The van der Waals surface area contributed by atoms with E-state index >= 15 is 0 Å². The van der Waals surface area contributed by atoms with Crippen LogP contribution in [-0.4, -0.2) is 34.4 Å². The molecule has 128 valence electrons. The van der Waals surface area contributed by atoms with E-state index in [4.69, 9.17) is 0 Å². The molecular weight excluding hydrogens is 317 g/mol. The van der Waals surface area contributed by atoms with E-state index in [9.17, 15) is 9.18 Å². The quantitative estimate of drug-likeness (QED) is 0.775. The highest BCUT2D eigenvalue weighted by Gasteiger charge is 2.53. The third kappa shape index (κ3) is 2.80. The van der Waals surface area contributed by atoms with Gasteiger partial charge in [-0.1, -0.05) is 0 Å². The molecule has 2 heterocycles. The summed E-state index contributed by atoms with van der Waals surface area (Å²) >= 11 is 0. The van der Waals surface area contributed by atoms with Gasteiger partial charge in [0, 0.05) is 43.1 Å². The number of carbonyl (C=O) groups is 1. The second-order valence-electron chi connectivity index (χ2n) is 6.81. The van der Waals surface area contributed by atoms with Crippen LogP contribution in [0.15, 0.2) is 48.9 Å². The van der Waals surface area contributed by atoms with Crippen LogP contribution in [-0.2, 0) is 16.6 Å². The van der Waals surface area contributed by atoms with Crippen LogP contribution in [0.25, 0.3) is 10.9 Å². The predicted molar refractivity (Wildman–Crippen MR) is 94.7 cm³/mol. The second-order valence-corrected chi connectivity index (χ2v) is 6.81. The summed E-state index contributed by atoms with van der Waals surface area (Å²) < 4.78 is 13.4. The molecule has 0 unspecified atom stereocenters. The molecule has 4 nitrogen and oxygen atoms in total. The Hall–Kier alpha value is -2.69. The number of likely N-dealkylation sites (N-methyl/N-ethyl adjacent to an activating group) is 1. The lowest BCUT2D eigenvalue weighted by Crippen LogP contribution is -2.37. The molecule has 4 rings (SSSR count). The number of amides is 1. The number of H-pyrrole nitrogens is 1. The summed E-state index contributed by atoms with van der Waals surface area (Å²) in [4.78, 5) is 22.0. The van der Waals surface area contributed by atoms with Gasteiger partial charge in [0.1, 0.15) is 5.82 Å². The Morgan fingerprint density at radius 2 is 2.04 bits per heavy atom. The number of aromatic nitrogens is 2. The van der Waals surface area contributed by atoms with Crippen molar-refractivity contribution in [2.24, 2.45) is 0 Å². The van der Waals surface area contributed by atoms with Crippen molar-refractivity contribution in [3.8, 4) is 0 Å². The number of benzene rings is 1. The molecule has 5 heteroatoms. The number of halogens is 1. The van der Waals surface area contributed by atoms with Gasteiger partial charge in [-0.15, -0.1) is 0 Å². The first-order valence-electron chi connectivity index (χ1n) is 8.52. The minimum absolute atomic E-state index is 0.145. The van der Waals surface area contributed by atoms with E-state index in [1.807, 2.05) is 30.3 Å². The van der Waals surface area contributed by atoms with E-state index in [1.54, 1.807) is 18.5 Å². The van der Waals surface area contributed by atoms with Crippen LogP contribution in [0, 0.1) is 5.82 Å². The SMILES string of the molecule is CN(CCc1ccncc1)C(=O)C1(c2c[nH]c3cc(F)ccc23)CC1. The molecule has 3 aromatic rings.